The number of aryl methyl sites for hydroxylation is 1. The summed E-state index contributed by atoms with van der Waals surface area (Å²) in [6.45, 7) is 5.40. The zero-order valence-corrected chi connectivity index (χ0v) is 18.8. The Morgan fingerprint density at radius 3 is 2.03 bits per heavy atom. The third-order valence-electron chi connectivity index (χ3n) is 6.30. The molecular weight excluding hydrogens is 411 g/mol. The topological polar surface area (TPSA) is 24.3 Å². The summed E-state index contributed by atoms with van der Waals surface area (Å²) in [5, 5.41) is 4.91. The fraction of sp³-hybridized carbons (Fsp3) is 0.250. The van der Waals surface area contributed by atoms with Crippen molar-refractivity contribution in [1.29, 1.82) is 0 Å². The van der Waals surface area contributed by atoms with E-state index in [1.807, 2.05) is 35.0 Å². The van der Waals surface area contributed by atoms with Gasteiger partial charge in [0.05, 0.1) is 17.1 Å². The lowest BCUT2D eigenvalue weighted by molar-refractivity contribution is 0.255. The highest BCUT2D eigenvalue weighted by molar-refractivity contribution is 5.62. The summed E-state index contributed by atoms with van der Waals surface area (Å²) in [6.07, 6.45) is 1.99. The minimum absolute atomic E-state index is 0.225. The standard InChI is InChI=1S/C28H29FN4/c29-24-15-13-23(14-16-24)28-22-25(30-33(28)27-11-5-2-6-12-27)8-7-17-31-18-20-32(21-19-31)26-9-3-1-4-10-26/h1-6,9-16,22H,7-8,17-21H2. The number of benzene rings is 3. The molecule has 1 fully saturated rings. The Bertz CT molecular complexity index is 1150. The highest BCUT2D eigenvalue weighted by Gasteiger charge is 2.17. The molecule has 0 atom stereocenters. The van der Waals surface area contributed by atoms with Crippen LogP contribution < -0.4 is 4.90 Å². The fourth-order valence-corrected chi connectivity index (χ4v) is 4.50. The summed E-state index contributed by atoms with van der Waals surface area (Å²) in [5.74, 6) is -0.225. The highest BCUT2D eigenvalue weighted by Crippen LogP contribution is 2.25. The average Bonchev–Trinajstić information content (AvgIpc) is 3.30. The predicted octanol–water partition coefficient (Wildman–Crippen LogP) is 5.43. The van der Waals surface area contributed by atoms with Gasteiger partial charge in [0.2, 0.25) is 0 Å². The molecule has 1 aliphatic heterocycles. The zero-order chi connectivity index (χ0) is 22.5. The Hall–Kier alpha value is -3.44. The van der Waals surface area contributed by atoms with Gasteiger partial charge in [-0.15, -0.1) is 0 Å². The average molecular weight is 441 g/mol. The summed E-state index contributed by atoms with van der Waals surface area (Å²) in [5.41, 5.74) is 5.36. The maximum Gasteiger partial charge on any atom is 0.123 e. The van der Waals surface area contributed by atoms with Crippen LogP contribution in [0.5, 0.6) is 0 Å². The maximum absolute atomic E-state index is 13.5. The molecule has 4 nitrogen and oxygen atoms in total. The lowest BCUT2D eigenvalue weighted by Crippen LogP contribution is -2.46. The maximum atomic E-state index is 13.5. The normalized spacial score (nSPS) is 14.5. The van der Waals surface area contributed by atoms with Crippen molar-refractivity contribution < 1.29 is 4.39 Å². The Morgan fingerprint density at radius 1 is 0.727 bits per heavy atom. The van der Waals surface area contributed by atoms with Crippen LogP contribution in [-0.2, 0) is 6.42 Å². The number of nitrogens with zero attached hydrogens (tertiary/aromatic N) is 4. The number of hydrogen-bond acceptors (Lipinski definition) is 3. The monoisotopic (exact) mass is 440 g/mol. The van der Waals surface area contributed by atoms with Gasteiger partial charge in [0.25, 0.3) is 0 Å². The van der Waals surface area contributed by atoms with E-state index in [-0.39, 0.29) is 5.82 Å². The first-order chi connectivity index (χ1) is 16.3. The minimum atomic E-state index is -0.225. The summed E-state index contributed by atoms with van der Waals surface area (Å²) in [4.78, 5) is 5.02. The van der Waals surface area contributed by atoms with Crippen LogP contribution in [-0.4, -0.2) is 47.4 Å². The second-order valence-corrected chi connectivity index (χ2v) is 8.54. The smallest absolute Gasteiger partial charge is 0.123 e. The first-order valence-electron chi connectivity index (χ1n) is 11.7. The number of halogens is 1. The van der Waals surface area contributed by atoms with Crippen molar-refractivity contribution in [2.75, 3.05) is 37.6 Å². The van der Waals surface area contributed by atoms with Gasteiger partial charge in [0, 0.05) is 37.4 Å². The first-order valence-corrected chi connectivity index (χ1v) is 11.7. The van der Waals surface area contributed by atoms with Gasteiger partial charge in [0.15, 0.2) is 0 Å². The van der Waals surface area contributed by atoms with Gasteiger partial charge in [-0.25, -0.2) is 9.07 Å². The van der Waals surface area contributed by atoms with E-state index in [1.54, 1.807) is 0 Å². The second-order valence-electron chi connectivity index (χ2n) is 8.54. The van der Waals surface area contributed by atoms with Gasteiger partial charge in [0.1, 0.15) is 5.82 Å². The zero-order valence-electron chi connectivity index (χ0n) is 18.8. The van der Waals surface area contributed by atoms with E-state index in [0.29, 0.717) is 0 Å². The van der Waals surface area contributed by atoms with E-state index in [9.17, 15) is 4.39 Å². The Labute approximate surface area is 194 Å². The first kappa shape index (κ1) is 21.4. The molecule has 1 saturated heterocycles. The molecule has 0 N–H and O–H groups in total. The second kappa shape index (κ2) is 10.0. The van der Waals surface area contributed by atoms with Gasteiger partial charge < -0.3 is 4.90 Å². The van der Waals surface area contributed by atoms with Gasteiger partial charge in [-0.3, -0.25) is 4.90 Å². The minimum Gasteiger partial charge on any atom is -0.369 e. The predicted molar refractivity (Wildman–Crippen MR) is 132 cm³/mol. The van der Waals surface area contributed by atoms with Crippen LogP contribution in [0, 0.1) is 5.82 Å². The van der Waals surface area contributed by atoms with E-state index < -0.39 is 0 Å². The van der Waals surface area contributed by atoms with Crippen molar-refractivity contribution in [3.05, 3.63) is 103 Å². The summed E-state index contributed by atoms with van der Waals surface area (Å²) in [7, 11) is 0. The van der Waals surface area contributed by atoms with Crippen LogP contribution in [0.4, 0.5) is 10.1 Å². The van der Waals surface area contributed by atoms with Crippen molar-refractivity contribution >= 4 is 5.69 Å². The number of para-hydroxylation sites is 2. The molecule has 0 amide bonds. The molecule has 5 heteroatoms. The third kappa shape index (κ3) is 5.15. The molecule has 4 aromatic rings. The number of anilines is 1. The van der Waals surface area contributed by atoms with Crippen molar-refractivity contribution in [1.82, 2.24) is 14.7 Å². The molecule has 0 aliphatic carbocycles. The van der Waals surface area contributed by atoms with Crippen LogP contribution in [0.3, 0.4) is 0 Å². The molecule has 168 valence electrons. The number of hydrogen-bond donors (Lipinski definition) is 0. The quantitative estimate of drug-likeness (QED) is 0.383. The molecule has 33 heavy (non-hydrogen) atoms. The molecule has 0 radical (unpaired) electrons. The molecule has 0 spiro atoms. The molecule has 0 saturated carbocycles. The summed E-state index contributed by atoms with van der Waals surface area (Å²) in [6, 6.07) is 29.6. The summed E-state index contributed by atoms with van der Waals surface area (Å²) >= 11 is 0. The van der Waals surface area contributed by atoms with E-state index in [1.165, 1.54) is 17.8 Å². The van der Waals surface area contributed by atoms with Crippen LogP contribution in [0.15, 0.2) is 91.0 Å². The molecule has 0 unspecified atom stereocenters. The van der Waals surface area contributed by atoms with Crippen molar-refractivity contribution in [3.8, 4) is 16.9 Å². The Kier molecular flexibility index (Phi) is 6.49. The van der Waals surface area contributed by atoms with Crippen molar-refractivity contribution in [2.24, 2.45) is 0 Å². The largest absolute Gasteiger partial charge is 0.369 e. The van der Waals surface area contributed by atoms with E-state index >= 15 is 0 Å². The van der Waals surface area contributed by atoms with E-state index in [4.69, 9.17) is 5.10 Å². The number of piperazine rings is 1. The lowest BCUT2D eigenvalue weighted by Gasteiger charge is -2.36. The molecular formula is C28H29FN4. The Morgan fingerprint density at radius 2 is 1.36 bits per heavy atom. The van der Waals surface area contributed by atoms with E-state index in [0.717, 1.165) is 68.2 Å². The van der Waals surface area contributed by atoms with Gasteiger partial charge in [-0.2, -0.15) is 5.10 Å². The molecule has 3 aromatic carbocycles. The van der Waals surface area contributed by atoms with Crippen molar-refractivity contribution in [2.45, 2.75) is 12.8 Å². The van der Waals surface area contributed by atoms with Crippen LogP contribution >= 0.6 is 0 Å². The fourth-order valence-electron chi connectivity index (χ4n) is 4.50. The molecule has 0 bridgehead atoms. The molecule has 1 aromatic heterocycles. The molecule has 2 heterocycles. The molecule has 1 aliphatic rings. The molecule has 5 rings (SSSR count). The third-order valence-corrected chi connectivity index (χ3v) is 6.30. The highest BCUT2D eigenvalue weighted by atomic mass is 19.1. The number of rotatable bonds is 7. The van der Waals surface area contributed by atoms with Crippen LogP contribution in [0.25, 0.3) is 16.9 Å². The van der Waals surface area contributed by atoms with Gasteiger partial charge in [-0.05, 0) is 74.0 Å². The SMILES string of the molecule is Fc1ccc(-c2cc(CCCN3CCN(c4ccccc4)CC3)nn2-c2ccccc2)cc1. The van der Waals surface area contributed by atoms with Crippen LogP contribution in [0.2, 0.25) is 0 Å². The summed E-state index contributed by atoms with van der Waals surface area (Å²) < 4.78 is 15.4. The lowest BCUT2D eigenvalue weighted by atomic mass is 10.1. The van der Waals surface area contributed by atoms with Gasteiger partial charge >= 0.3 is 0 Å². The Balaban J connectivity index is 1.23. The van der Waals surface area contributed by atoms with Gasteiger partial charge in [-0.1, -0.05) is 36.4 Å². The van der Waals surface area contributed by atoms with E-state index in [2.05, 4.69) is 58.3 Å². The van der Waals surface area contributed by atoms with Crippen molar-refractivity contribution in [3.63, 3.8) is 0 Å². The van der Waals surface area contributed by atoms with Crippen LogP contribution in [0.1, 0.15) is 12.1 Å². The number of aromatic nitrogens is 2.